The lowest BCUT2D eigenvalue weighted by Crippen LogP contribution is -2.10. The van der Waals surface area contributed by atoms with E-state index in [4.69, 9.17) is 1.37 Å². The number of hydrogen-bond acceptors (Lipinski definition) is 1. The van der Waals surface area contributed by atoms with Crippen LogP contribution in [-0.4, -0.2) is 0 Å². The number of thiophene rings is 1. The van der Waals surface area contributed by atoms with Gasteiger partial charge in [0, 0.05) is 9.58 Å². The van der Waals surface area contributed by atoms with Gasteiger partial charge in [0.1, 0.15) is 0 Å². The molecule has 0 saturated heterocycles. The molecule has 0 N–H and O–H groups in total. The summed E-state index contributed by atoms with van der Waals surface area (Å²) < 4.78 is 9.26. The fourth-order valence-electron chi connectivity index (χ4n) is 1.70. The Hall–Kier alpha value is -0.820. The third-order valence-corrected chi connectivity index (χ3v) is 3.44. The minimum atomic E-state index is 0.156. The van der Waals surface area contributed by atoms with Gasteiger partial charge in [-0.05, 0) is 29.3 Å². The smallest absolute Gasteiger partial charge is 0.0641 e. The predicted octanol–water partition coefficient (Wildman–Crippen LogP) is 4.51. The molecule has 1 aromatic carbocycles. The van der Waals surface area contributed by atoms with Gasteiger partial charge < -0.3 is 0 Å². The van der Waals surface area contributed by atoms with E-state index in [-0.39, 0.29) is 5.41 Å². The standard InChI is InChI=1S/C13H16S/c1-9-8-10-6-5-7-11(12(10)14-9)13(2,3)4/h5-8H,1-4H3/i8D. The molecule has 0 amide bonds. The first kappa shape index (κ1) is 8.49. The molecule has 2 rings (SSSR count). The zero-order chi connectivity index (χ0) is 11.2. The van der Waals surface area contributed by atoms with Crippen molar-refractivity contribution < 1.29 is 1.37 Å². The molecule has 0 unspecified atom stereocenters. The second-order valence-corrected chi connectivity index (χ2v) is 5.94. The average Bonchev–Trinajstić information content (AvgIpc) is 2.41. The quantitative estimate of drug-likeness (QED) is 0.593. The van der Waals surface area contributed by atoms with Crippen molar-refractivity contribution in [1.29, 1.82) is 0 Å². The molecule has 1 heteroatoms. The summed E-state index contributed by atoms with van der Waals surface area (Å²) in [6, 6.07) is 6.99. The lowest BCUT2D eigenvalue weighted by Gasteiger charge is -2.19. The van der Waals surface area contributed by atoms with E-state index in [9.17, 15) is 0 Å². The van der Waals surface area contributed by atoms with Gasteiger partial charge in [0.25, 0.3) is 0 Å². The summed E-state index contributed by atoms with van der Waals surface area (Å²) in [5, 5.41) is 1.10. The van der Waals surface area contributed by atoms with E-state index in [0.717, 1.165) is 10.3 Å². The first-order valence-corrected chi connectivity index (χ1v) is 5.72. The molecule has 0 spiro atoms. The maximum absolute atomic E-state index is 7.98. The highest BCUT2D eigenvalue weighted by Gasteiger charge is 2.17. The van der Waals surface area contributed by atoms with Crippen LogP contribution in [0.2, 0.25) is 0 Å². The highest BCUT2D eigenvalue weighted by molar-refractivity contribution is 7.19. The van der Waals surface area contributed by atoms with Crippen LogP contribution >= 0.6 is 11.3 Å². The summed E-state index contributed by atoms with van der Waals surface area (Å²) in [5.74, 6) is 0. The molecule has 0 fully saturated rings. The Balaban J connectivity index is 2.83. The third kappa shape index (κ3) is 1.57. The minimum absolute atomic E-state index is 0.156. The van der Waals surface area contributed by atoms with Crippen LogP contribution in [0.4, 0.5) is 0 Å². The zero-order valence-electron chi connectivity index (χ0n) is 10.1. The first-order chi connectivity index (χ1) is 6.91. The Morgan fingerprint density at radius 2 is 2.00 bits per heavy atom. The van der Waals surface area contributed by atoms with Gasteiger partial charge in [-0.15, -0.1) is 11.3 Å². The molecule has 1 heterocycles. The molecule has 0 aliphatic heterocycles. The molecule has 0 nitrogen and oxygen atoms in total. The van der Waals surface area contributed by atoms with Gasteiger partial charge in [-0.2, -0.15) is 0 Å². The first-order valence-electron chi connectivity index (χ1n) is 5.40. The van der Waals surface area contributed by atoms with Gasteiger partial charge in [0.05, 0.1) is 1.37 Å². The van der Waals surface area contributed by atoms with E-state index in [0.29, 0.717) is 6.04 Å². The van der Waals surface area contributed by atoms with Gasteiger partial charge in [-0.1, -0.05) is 39.0 Å². The molecular weight excluding hydrogens is 188 g/mol. The van der Waals surface area contributed by atoms with E-state index in [1.54, 1.807) is 11.3 Å². The van der Waals surface area contributed by atoms with Crippen molar-refractivity contribution in [2.75, 3.05) is 0 Å². The summed E-state index contributed by atoms with van der Waals surface area (Å²) in [4.78, 5) is 1.11. The molecule has 2 aromatic rings. The number of benzene rings is 1. The summed E-state index contributed by atoms with van der Waals surface area (Å²) in [7, 11) is 0. The number of hydrogen-bond donors (Lipinski definition) is 0. The van der Waals surface area contributed by atoms with E-state index in [1.165, 1.54) is 10.3 Å². The van der Waals surface area contributed by atoms with Crippen LogP contribution in [0, 0.1) is 6.92 Å². The number of fused-ring (bicyclic) bond motifs is 1. The van der Waals surface area contributed by atoms with Gasteiger partial charge in [0.15, 0.2) is 0 Å². The van der Waals surface area contributed by atoms with Crippen LogP contribution in [0.25, 0.3) is 10.1 Å². The summed E-state index contributed by atoms with van der Waals surface area (Å²) in [6.45, 7) is 8.70. The van der Waals surface area contributed by atoms with Crippen LogP contribution in [0.5, 0.6) is 0 Å². The van der Waals surface area contributed by atoms with Crippen molar-refractivity contribution in [3.05, 3.63) is 34.7 Å². The molecule has 0 bridgehead atoms. The Morgan fingerprint density at radius 3 is 2.64 bits per heavy atom. The molecule has 0 atom stereocenters. The van der Waals surface area contributed by atoms with Crippen LogP contribution in [-0.2, 0) is 5.41 Å². The van der Waals surface area contributed by atoms with E-state index in [2.05, 4.69) is 39.0 Å². The summed E-state index contributed by atoms with van der Waals surface area (Å²) >= 11 is 1.74. The van der Waals surface area contributed by atoms with Crippen LogP contribution < -0.4 is 0 Å². The third-order valence-electron chi connectivity index (χ3n) is 2.39. The van der Waals surface area contributed by atoms with Crippen molar-refractivity contribution in [1.82, 2.24) is 0 Å². The monoisotopic (exact) mass is 205 g/mol. The zero-order valence-corrected chi connectivity index (χ0v) is 9.96. The Bertz CT molecular complexity index is 503. The number of rotatable bonds is 0. The predicted molar refractivity (Wildman–Crippen MR) is 65.3 cm³/mol. The van der Waals surface area contributed by atoms with E-state index >= 15 is 0 Å². The van der Waals surface area contributed by atoms with E-state index < -0.39 is 0 Å². The lowest BCUT2D eigenvalue weighted by molar-refractivity contribution is 0.597. The van der Waals surface area contributed by atoms with Crippen molar-refractivity contribution in [2.45, 2.75) is 33.1 Å². The SMILES string of the molecule is [2H]c1c(C)sc2c(C(C)(C)C)cccc12. The van der Waals surface area contributed by atoms with Gasteiger partial charge in [-0.25, -0.2) is 0 Å². The summed E-state index contributed by atoms with van der Waals surface area (Å²) in [5.41, 5.74) is 1.51. The Morgan fingerprint density at radius 1 is 1.29 bits per heavy atom. The van der Waals surface area contributed by atoms with E-state index in [1.807, 2.05) is 6.92 Å². The van der Waals surface area contributed by atoms with Crippen molar-refractivity contribution in [2.24, 2.45) is 0 Å². The Labute approximate surface area is 91.0 Å². The van der Waals surface area contributed by atoms with Crippen molar-refractivity contribution in [3.8, 4) is 0 Å². The molecule has 1 aromatic heterocycles. The van der Waals surface area contributed by atoms with Crippen LogP contribution in [0.15, 0.2) is 24.2 Å². The maximum Gasteiger partial charge on any atom is 0.0641 e. The van der Waals surface area contributed by atoms with Gasteiger partial charge in [0.2, 0.25) is 0 Å². The fourth-order valence-corrected chi connectivity index (χ4v) is 2.88. The minimum Gasteiger partial charge on any atom is -0.140 e. The molecule has 14 heavy (non-hydrogen) atoms. The topological polar surface area (TPSA) is 0 Å². The normalized spacial score (nSPS) is 13.3. The molecule has 0 saturated carbocycles. The summed E-state index contributed by atoms with van der Waals surface area (Å²) in [6.07, 6.45) is 0. The fraction of sp³-hybridized carbons (Fsp3) is 0.385. The second kappa shape index (κ2) is 3.09. The number of aryl methyl sites for hydroxylation is 1. The molecule has 0 radical (unpaired) electrons. The van der Waals surface area contributed by atoms with Gasteiger partial charge in [-0.3, -0.25) is 0 Å². The highest BCUT2D eigenvalue weighted by Crippen LogP contribution is 2.34. The van der Waals surface area contributed by atoms with Crippen LogP contribution in [0.1, 0.15) is 32.6 Å². The Kier molecular flexibility index (Phi) is 1.88. The molecular formula is C13H16S. The van der Waals surface area contributed by atoms with Crippen molar-refractivity contribution in [3.63, 3.8) is 0 Å². The highest BCUT2D eigenvalue weighted by atomic mass is 32.1. The largest absolute Gasteiger partial charge is 0.140 e. The van der Waals surface area contributed by atoms with Crippen LogP contribution in [0.3, 0.4) is 0 Å². The second-order valence-electron chi connectivity index (χ2n) is 4.72. The van der Waals surface area contributed by atoms with Gasteiger partial charge >= 0.3 is 0 Å². The molecule has 74 valence electrons. The van der Waals surface area contributed by atoms with Crippen molar-refractivity contribution >= 4 is 21.4 Å². The molecule has 0 aliphatic rings. The average molecular weight is 205 g/mol. The lowest BCUT2D eigenvalue weighted by atomic mass is 9.86. The maximum atomic E-state index is 7.98. The molecule has 0 aliphatic carbocycles.